The molecule has 0 atom stereocenters. The van der Waals surface area contributed by atoms with E-state index < -0.39 is 5.60 Å². The van der Waals surface area contributed by atoms with Gasteiger partial charge in [0.2, 0.25) is 0 Å². The van der Waals surface area contributed by atoms with Crippen LogP contribution >= 0.6 is 0 Å². The highest BCUT2D eigenvalue weighted by Crippen LogP contribution is 2.26. The van der Waals surface area contributed by atoms with Crippen LogP contribution < -0.4 is 10.6 Å². The molecular formula is C19H30N2O4. The molecule has 1 aromatic rings. The smallest absolute Gasteiger partial charge is 0.256 e. The zero-order valence-electron chi connectivity index (χ0n) is 15.5. The standard InChI is InChI=1S/C19H30N2O4/c1-4-24-12-13-25-14-16-6-5-7-17(15(16)2)21-18(22)19(23-3)8-10-20-11-9-19/h5-7,20H,4,8-14H2,1-3H3,(H,21,22). The molecule has 1 aliphatic heterocycles. The molecule has 2 N–H and O–H groups in total. The van der Waals surface area contributed by atoms with E-state index in [1.165, 1.54) is 0 Å². The lowest BCUT2D eigenvalue weighted by Gasteiger charge is -2.35. The van der Waals surface area contributed by atoms with Gasteiger partial charge in [0, 0.05) is 19.4 Å². The average Bonchev–Trinajstić information content (AvgIpc) is 2.64. The van der Waals surface area contributed by atoms with Crippen LogP contribution in [0.5, 0.6) is 0 Å². The van der Waals surface area contributed by atoms with Crippen LogP contribution in [0.4, 0.5) is 5.69 Å². The van der Waals surface area contributed by atoms with Crippen LogP contribution in [0, 0.1) is 6.92 Å². The van der Waals surface area contributed by atoms with Gasteiger partial charge in [-0.2, -0.15) is 0 Å². The molecule has 25 heavy (non-hydrogen) atoms. The Kier molecular flexibility index (Phi) is 7.84. The zero-order valence-corrected chi connectivity index (χ0v) is 15.5. The number of hydrogen-bond donors (Lipinski definition) is 2. The first-order chi connectivity index (χ1) is 12.1. The highest BCUT2D eigenvalue weighted by molar-refractivity contribution is 5.98. The number of rotatable bonds is 9. The first-order valence-electron chi connectivity index (χ1n) is 8.94. The molecule has 0 aliphatic carbocycles. The van der Waals surface area contributed by atoms with Crippen molar-refractivity contribution in [3.8, 4) is 0 Å². The van der Waals surface area contributed by atoms with Crippen molar-refractivity contribution in [3.63, 3.8) is 0 Å². The second-order valence-electron chi connectivity index (χ2n) is 6.24. The summed E-state index contributed by atoms with van der Waals surface area (Å²) in [6.45, 7) is 7.88. The quantitative estimate of drug-likeness (QED) is 0.669. The Bertz CT molecular complexity index is 556. The van der Waals surface area contributed by atoms with Crippen molar-refractivity contribution in [2.24, 2.45) is 0 Å². The molecule has 1 saturated heterocycles. The van der Waals surface area contributed by atoms with Crippen LogP contribution in [-0.2, 0) is 25.6 Å². The van der Waals surface area contributed by atoms with E-state index in [9.17, 15) is 4.79 Å². The molecule has 1 aliphatic rings. The molecule has 0 unspecified atom stereocenters. The summed E-state index contributed by atoms with van der Waals surface area (Å²) in [7, 11) is 1.61. The van der Waals surface area contributed by atoms with Crippen molar-refractivity contribution in [3.05, 3.63) is 29.3 Å². The lowest BCUT2D eigenvalue weighted by atomic mass is 9.91. The van der Waals surface area contributed by atoms with E-state index in [-0.39, 0.29) is 5.91 Å². The zero-order chi connectivity index (χ0) is 18.1. The van der Waals surface area contributed by atoms with Gasteiger partial charge in [-0.3, -0.25) is 4.79 Å². The number of amides is 1. The first-order valence-corrected chi connectivity index (χ1v) is 8.94. The second kappa shape index (κ2) is 9.87. The van der Waals surface area contributed by atoms with Gasteiger partial charge in [0.05, 0.1) is 19.8 Å². The average molecular weight is 350 g/mol. The fourth-order valence-electron chi connectivity index (χ4n) is 3.01. The van der Waals surface area contributed by atoms with E-state index in [1.54, 1.807) is 7.11 Å². The summed E-state index contributed by atoms with van der Waals surface area (Å²) in [5.41, 5.74) is 2.14. The van der Waals surface area contributed by atoms with Gasteiger partial charge in [-0.05, 0) is 57.0 Å². The summed E-state index contributed by atoms with van der Waals surface area (Å²) >= 11 is 0. The predicted molar refractivity (Wildman–Crippen MR) is 97.8 cm³/mol. The molecule has 0 radical (unpaired) electrons. The largest absolute Gasteiger partial charge is 0.379 e. The van der Waals surface area contributed by atoms with Gasteiger partial charge >= 0.3 is 0 Å². The van der Waals surface area contributed by atoms with Gasteiger partial charge in [-0.25, -0.2) is 0 Å². The maximum atomic E-state index is 12.8. The number of ether oxygens (including phenoxy) is 3. The van der Waals surface area contributed by atoms with Gasteiger partial charge in [0.1, 0.15) is 5.60 Å². The van der Waals surface area contributed by atoms with Crippen molar-refractivity contribution >= 4 is 11.6 Å². The summed E-state index contributed by atoms with van der Waals surface area (Å²) < 4.78 is 16.5. The van der Waals surface area contributed by atoms with Crippen molar-refractivity contribution in [1.82, 2.24) is 5.32 Å². The Morgan fingerprint density at radius 1 is 1.24 bits per heavy atom. The molecule has 1 aromatic carbocycles. The number of anilines is 1. The predicted octanol–water partition coefficient (Wildman–Crippen LogP) is 2.26. The minimum atomic E-state index is -0.748. The molecule has 1 amide bonds. The maximum Gasteiger partial charge on any atom is 0.256 e. The molecule has 0 spiro atoms. The van der Waals surface area contributed by atoms with Crippen molar-refractivity contribution < 1.29 is 19.0 Å². The normalized spacial score (nSPS) is 16.6. The topological polar surface area (TPSA) is 68.8 Å². The maximum absolute atomic E-state index is 12.8. The van der Waals surface area contributed by atoms with Crippen molar-refractivity contribution in [2.45, 2.75) is 38.9 Å². The molecule has 140 valence electrons. The number of nitrogens with one attached hydrogen (secondary N) is 2. The Morgan fingerprint density at radius 3 is 2.64 bits per heavy atom. The number of methoxy groups -OCH3 is 1. The van der Waals surface area contributed by atoms with Crippen LogP contribution in [0.15, 0.2) is 18.2 Å². The number of piperidine rings is 1. The molecule has 0 aromatic heterocycles. The van der Waals surface area contributed by atoms with E-state index in [4.69, 9.17) is 14.2 Å². The first kappa shape index (κ1) is 19.8. The molecule has 2 rings (SSSR count). The highest BCUT2D eigenvalue weighted by atomic mass is 16.5. The van der Waals surface area contributed by atoms with Crippen LogP contribution in [-0.4, -0.2) is 51.5 Å². The van der Waals surface area contributed by atoms with Gasteiger partial charge in [0.25, 0.3) is 5.91 Å². The Labute approximate surface area is 150 Å². The number of benzene rings is 1. The lowest BCUT2D eigenvalue weighted by molar-refractivity contribution is -0.140. The molecule has 1 heterocycles. The molecular weight excluding hydrogens is 320 g/mol. The monoisotopic (exact) mass is 350 g/mol. The second-order valence-corrected chi connectivity index (χ2v) is 6.24. The summed E-state index contributed by atoms with van der Waals surface area (Å²) in [5, 5.41) is 6.31. The van der Waals surface area contributed by atoms with Gasteiger partial charge in [-0.15, -0.1) is 0 Å². The Balaban J connectivity index is 1.99. The highest BCUT2D eigenvalue weighted by Gasteiger charge is 2.39. The molecule has 0 bridgehead atoms. The van der Waals surface area contributed by atoms with E-state index in [0.717, 1.165) is 29.9 Å². The lowest BCUT2D eigenvalue weighted by Crippen LogP contribution is -2.51. The van der Waals surface area contributed by atoms with Crippen LogP contribution in [0.3, 0.4) is 0 Å². The van der Waals surface area contributed by atoms with E-state index in [1.807, 2.05) is 32.0 Å². The molecule has 1 fully saturated rings. The Morgan fingerprint density at radius 2 is 1.96 bits per heavy atom. The van der Waals surface area contributed by atoms with E-state index in [2.05, 4.69) is 10.6 Å². The minimum Gasteiger partial charge on any atom is -0.379 e. The molecule has 0 saturated carbocycles. The SMILES string of the molecule is CCOCCOCc1cccc(NC(=O)C2(OC)CCNCC2)c1C. The number of carbonyl (C=O) groups excluding carboxylic acids is 1. The van der Waals surface area contributed by atoms with Crippen LogP contribution in [0.1, 0.15) is 30.9 Å². The summed E-state index contributed by atoms with van der Waals surface area (Å²) in [5.74, 6) is -0.0750. The number of hydrogen-bond acceptors (Lipinski definition) is 5. The molecule has 6 nitrogen and oxygen atoms in total. The third-order valence-corrected chi connectivity index (χ3v) is 4.74. The third-order valence-electron chi connectivity index (χ3n) is 4.74. The minimum absolute atomic E-state index is 0.0750. The van der Waals surface area contributed by atoms with Crippen LogP contribution in [0.2, 0.25) is 0 Å². The summed E-state index contributed by atoms with van der Waals surface area (Å²) in [4.78, 5) is 12.8. The van der Waals surface area contributed by atoms with Gasteiger partial charge in [0.15, 0.2) is 0 Å². The summed E-state index contributed by atoms with van der Waals surface area (Å²) in [6, 6.07) is 5.87. The Hall–Kier alpha value is -1.47. The molecule has 6 heteroatoms. The van der Waals surface area contributed by atoms with Crippen molar-refractivity contribution in [2.75, 3.05) is 45.3 Å². The summed E-state index contributed by atoms with van der Waals surface area (Å²) in [6.07, 6.45) is 1.35. The van der Waals surface area contributed by atoms with E-state index in [0.29, 0.717) is 39.3 Å². The van der Waals surface area contributed by atoms with Crippen LogP contribution in [0.25, 0.3) is 0 Å². The van der Waals surface area contributed by atoms with Crippen molar-refractivity contribution in [1.29, 1.82) is 0 Å². The number of carbonyl (C=O) groups is 1. The van der Waals surface area contributed by atoms with E-state index >= 15 is 0 Å². The fraction of sp³-hybridized carbons (Fsp3) is 0.632. The third kappa shape index (κ3) is 5.25. The van der Waals surface area contributed by atoms with Gasteiger partial charge in [-0.1, -0.05) is 12.1 Å². The fourth-order valence-corrected chi connectivity index (χ4v) is 3.01. The van der Waals surface area contributed by atoms with Gasteiger partial charge < -0.3 is 24.8 Å².